The van der Waals surface area contributed by atoms with Crippen LogP contribution in [-0.2, 0) is 4.79 Å². The van der Waals surface area contributed by atoms with Crippen LogP contribution < -0.4 is 10.1 Å². The molecule has 6 heteroatoms. The molecule has 2 rings (SSSR count). The molecule has 3 nitrogen and oxygen atoms in total. The molecule has 0 saturated carbocycles. The van der Waals surface area contributed by atoms with Gasteiger partial charge < -0.3 is 10.1 Å². The maximum absolute atomic E-state index is 13.8. The number of rotatable bonds is 4. The SMILES string of the molecule is O=C(CCl)Nc1ccc(Oc2cccc(Cl)c2)c(F)c1. The van der Waals surface area contributed by atoms with Crippen molar-refractivity contribution in [1.29, 1.82) is 0 Å². The van der Waals surface area contributed by atoms with Gasteiger partial charge in [-0.05, 0) is 30.3 Å². The molecule has 1 N–H and O–H groups in total. The third-order valence-electron chi connectivity index (χ3n) is 2.36. The van der Waals surface area contributed by atoms with Crippen molar-refractivity contribution in [2.24, 2.45) is 0 Å². The molecule has 0 radical (unpaired) electrons. The van der Waals surface area contributed by atoms with Crippen LogP contribution in [-0.4, -0.2) is 11.8 Å². The molecule has 104 valence electrons. The fourth-order valence-corrected chi connectivity index (χ4v) is 1.76. The zero-order valence-electron chi connectivity index (χ0n) is 10.2. The number of carbonyl (C=O) groups is 1. The van der Waals surface area contributed by atoms with E-state index in [1.165, 1.54) is 12.1 Å². The highest BCUT2D eigenvalue weighted by molar-refractivity contribution is 6.30. The van der Waals surface area contributed by atoms with Crippen molar-refractivity contribution in [3.63, 3.8) is 0 Å². The molecule has 0 fully saturated rings. The molecule has 20 heavy (non-hydrogen) atoms. The van der Waals surface area contributed by atoms with Crippen LogP contribution in [0.25, 0.3) is 0 Å². The number of hydrogen-bond donors (Lipinski definition) is 1. The Morgan fingerprint density at radius 2 is 2.05 bits per heavy atom. The minimum atomic E-state index is -0.600. The molecule has 0 bridgehead atoms. The van der Waals surface area contributed by atoms with Crippen molar-refractivity contribution in [2.45, 2.75) is 0 Å². The van der Waals surface area contributed by atoms with Crippen molar-refractivity contribution < 1.29 is 13.9 Å². The van der Waals surface area contributed by atoms with Gasteiger partial charge in [0, 0.05) is 16.8 Å². The predicted molar refractivity (Wildman–Crippen MR) is 77.3 cm³/mol. The van der Waals surface area contributed by atoms with Gasteiger partial charge in [-0.1, -0.05) is 17.7 Å². The number of ether oxygens (including phenoxy) is 1. The zero-order valence-corrected chi connectivity index (χ0v) is 11.7. The molecular weight excluding hydrogens is 304 g/mol. The van der Waals surface area contributed by atoms with Crippen molar-refractivity contribution >= 4 is 34.8 Å². The quantitative estimate of drug-likeness (QED) is 0.847. The van der Waals surface area contributed by atoms with E-state index in [2.05, 4.69) is 5.32 Å². The fraction of sp³-hybridized carbons (Fsp3) is 0.0714. The molecule has 0 atom stereocenters. The minimum Gasteiger partial charge on any atom is -0.454 e. The average Bonchev–Trinajstić information content (AvgIpc) is 2.42. The Morgan fingerprint density at radius 3 is 2.70 bits per heavy atom. The first-order valence-electron chi connectivity index (χ1n) is 5.67. The van der Waals surface area contributed by atoms with Crippen LogP contribution in [0.2, 0.25) is 5.02 Å². The van der Waals surface area contributed by atoms with E-state index in [4.69, 9.17) is 27.9 Å². The molecule has 0 aromatic heterocycles. The summed E-state index contributed by atoms with van der Waals surface area (Å²) >= 11 is 11.2. The summed E-state index contributed by atoms with van der Waals surface area (Å²) in [4.78, 5) is 11.1. The van der Waals surface area contributed by atoms with Crippen molar-refractivity contribution in [1.82, 2.24) is 0 Å². The lowest BCUT2D eigenvalue weighted by atomic mass is 10.3. The summed E-state index contributed by atoms with van der Waals surface area (Å²) in [5.41, 5.74) is 0.312. The summed E-state index contributed by atoms with van der Waals surface area (Å²) in [5.74, 6) is -0.737. The number of amides is 1. The Labute approximate surface area is 125 Å². The van der Waals surface area contributed by atoms with E-state index in [1.807, 2.05) is 0 Å². The van der Waals surface area contributed by atoms with Crippen LogP contribution in [0.3, 0.4) is 0 Å². The van der Waals surface area contributed by atoms with Crippen LogP contribution in [0.1, 0.15) is 0 Å². The molecule has 0 aliphatic heterocycles. The third-order valence-corrected chi connectivity index (χ3v) is 2.84. The van der Waals surface area contributed by atoms with E-state index in [0.717, 1.165) is 6.07 Å². The second-order valence-corrected chi connectivity index (χ2v) is 4.59. The molecule has 0 aliphatic rings. The lowest BCUT2D eigenvalue weighted by Crippen LogP contribution is -2.12. The Hall–Kier alpha value is -1.78. The minimum absolute atomic E-state index is 0.0381. The second kappa shape index (κ2) is 6.59. The van der Waals surface area contributed by atoms with E-state index in [-0.39, 0.29) is 11.6 Å². The van der Waals surface area contributed by atoms with Crippen LogP contribution in [0.5, 0.6) is 11.5 Å². The van der Waals surface area contributed by atoms with Gasteiger partial charge in [-0.3, -0.25) is 4.79 Å². The molecule has 0 unspecified atom stereocenters. The number of alkyl halides is 1. The maximum atomic E-state index is 13.8. The Kier molecular flexibility index (Phi) is 4.82. The van der Waals surface area contributed by atoms with Gasteiger partial charge in [0.2, 0.25) is 5.91 Å². The van der Waals surface area contributed by atoms with Gasteiger partial charge in [0.05, 0.1) is 0 Å². The smallest absolute Gasteiger partial charge is 0.239 e. The summed E-state index contributed by atoms with van der Waals surface area (Å²) in [7, 11) is 0. The predicted octanol–water partition coefficient (Wildman–Crippen LogP) is 4.45. The van der Waals surface area contributed by atoms with E-state index in [0.29, 0.717) is 16.5 Å². The summed E-state index contributed by atoms with van der Waals surface area (Å²) < 4.78 is 19.2. The molecule has 2 aromatic rings. The van der Waals surface area contributed by atoms with Crippen LogP contribution in [0.15, 0.2) is 42.5 Å². The van der Waals surface area contributed by atoms with Crippen LogP contribution in [0, 0.1) is 5.82 Å². The Morgan fingerprint density at radius 1 is 1.25 bits per heavy atom. The number of hydrogen-bond acceptors (Lipinski definition) is 2. The molecule has 0 spiro atoms. The van der Waals surface area contributed by atoms with Gasteiger partial charge in [-0.25, -0.2) is 4.39 Å². The van der Waals surface area contributed by atoms with Gasteiger partial charge in [0.15, 0.2) is 11.6 Å². The summed E-state index contributed by atoms with van der Waals surface area (Å²) in [6, 6.07) is 10.7. The second-order valence-electron chi connectivity index (χ2n) is 3.89. The van der Waals surface area contributed by atoms with Gasteiger partial charge >= 0.3 is 0 Å². The van der Waals surface area contributed by atoms with E-state index < -0.39 is 11.7 Å². The summed E-state index contributed by atoms with van der Waals surface area (Å²) in [6.07, 6.45) is 0. The van der Waals surface area contributed by atoms with Crippen molar-refractivity contribution in [2.75, 3.05) is 11.2 Å². The highest BCUT2D eigenvalue weighted by atomic mass is 35.5. The first-order valence-corrected chi connectivity index (χ1v) is 6.58. The average molecular weight is 314 g/mol. The molecule has 0 aliphatic carbocycles. The van der Waals surface area contributed by atoms with Gasteiger partial charge in [-0.2, -0.15) is 0 Å². The molecule has 1 amide bonds. The highest BCUT2D eigenvalue weighted by Crippen LogP contribution is 2.28. The number of benzene rings is 2. The van der Waals surface area contributed by atoms with Gasteiger partial charge in [0.1, 0.15) is 11.6 Å². The van der Waals surface area contributed by atoms with Crippen LogP contribution in [0.4, 0.5) is 10.1 Å². The Bertz CT molecular complexity index is 634. The zero-order chi connectivity index (χ0) is 14.5. The van der Waals surface area contributed by atoms with Gasteiger partial charge in [0.25, 0.3) is 0 Å². The fourth-order valence-electron chi connectivity index (χ4n) is 1.51. The standard InChI is InChI=1S/C14H10Cl2FNO2/c15-8-14(19)18-10-4-5-13(12(17)7-10)20-11-3-1-2-9(16)6-11/h1-7H,8H2,(H,18,19). The molecule has 0 heterocycles. The molecular formula is C14H10Cl2FNO2. The lowest BCUT2D eigenvalue weighted by Gasteiger charge is -2.09. The van der Waals surface area contributed by atoms with Crippen LogP contribution >= 0.6 is 23.2 Å². The van der Waals surface area contributed by atoms with E-state index in [9.17, 15) is 9.18 Å². The lowest BCUT2D eigenvalue weighted by molar-refractivity contribution is -0.113. The van der Waals surface area contributed by atoms with Gasteiger partial charge in [-0.15, -0.1) is 11.6 Å². The summed E-state index contributed by atoms with van der Waals surface area (Å²) in [6.45, 7) is 0. The molecule has 0 saturated heterocycles. The Balaban J connectivity index is 2.15. The monoisotopic (exact) mass is 313 g/mol. The van der Waals surface area contributed by atoms with Crippen molar-refractivity contribution in [3.05, 3.63) is 53.3 Å². The third kappa shape index (κ3) is 3.85. The first kappa shape index (κ1) is 14.6. The number of carbonyl (C=O) groups excluding carboxylic acids is 1. The number of anilines is 1. The van der Waals surface area contributed by atoms with E-state index >= 15 is 0 Å². The normalized spacial score (nSPS) is 10.2. The largest absolute Gasteiger partial charge is 0.454 e. The highest BCUT2D eigenvalue weighted by Gasteiger charge is 2.08. The first-order chi connectivity index (χ1) is 9.58. The maximum Gasteiger partial charge on any atom is 0.239 e. The number of halogens is 3. The molecule has 2 aromatic carbocycles. The number of nitrogens with one attached hydrogen (secondary N) is 1. The van der Waals surface area contributed by atoms with E-state index in [1.54, 1.807) is 24.3 Å². The topological polar surface area (TPSA) is 38.3 Å². The van der Waals surface area contributed by atoms with Crippen molar-refractivity contribution in [3.8, 4) is 11.5 Å². The summed E-state index contributed by atoms with van der Waals surface area (Å²) in [5, 5.41) is 2.94.